The molecule has 0 heterocycles. The molecule has 0 saturated carbocycles. The van der Waals surface area contributed by atoms with Crippen LogP contribution in [0.2, 0.25) is 0 Å². The highest BCUT2D eigenvalue weighted by molar-refractivity contribution is 5.98. The second kappa shape index (κ2) is 4.80. The van der Waals surface area contributed by atoms with Crippen LogP contribution in [0, 0.1) is 11.6 Å². The lowest BCUT2D eigenvalue weighted by atomic mass is 10.1. The van der Waals surface area contributed by atoms with Gasteiger partial charge >= 0.3 is 5.97 Å². The summed E-state index contributed by atoms with van der Waals surface area (Å²) < 4.78 is 25.3. The molecule has 0 aliphatic carbocycles. The quantitative estimate of drug-likeness (QED) is 0.756. The molecule has 0 bridgehead atoms. The van der Waals surface area contributed by atoms with Gasteiger partial charge in [0.25, 0.3) is 0 Å². The Bertz CT molecular complexity index is 431. The smallest absolute Gasteiger partial charge is 0.332 e. The number of halogens is 2. The molecule has 1 aromatic rings. The molecule has 4 nitrogen and oxygen atoms in total. The van der Waals surface area contributed by atoms with Gasteiger partial charge in [-0.2, -0.15) is 0 Å². The van der Waals surface area contributed by atoms with Gasteiger partial charge in [0.05, 0.1) is 0 Å². The second-order valence-corrected chi connectivity index (χ2v) is 3.11. The van der Waals surface area contributed by atoms with Crippen LogP contribution < -0.4 is 0 Å². The molecule has 1 atom stereocenters. The van der Waals surface area contributed by atoms with E-state index in [2.05, 4.69) is 0 Å². The third kappa shape index (κ3) is 2.83. The number of Topliss-reactive ketones (excluding diaryl/α,β-unsaturated/α-hetero) is 1. The fourth-order valence-corrected chi connectivity index (χ4v) is 1.05. The van der Waals surface area contributed by atoms with Crippen molar-refractivity contribution in [2.45, 2.75) is 12.5 Å². The monoisotopic (exact) mass is 230 g/mol. The highest BCUT2D eigenvalue weighted by atomic mass is 19.2. The molecular weight excluding hydrogens is 222 g/mol. The summed E-state index contributed by atoms with van der Waals surface area (Å²) in [6.45, 7) is 0. The average Bonchev–Trinajstić information content (AvgIpc) is 2.21. The van der Waals surface area contributed by atoms with E-state index in [1.165, 1.54) is 0 Å². The predicted molar refractivity (Wildman–Crippen MR) is 48.9 cm³/mol. The third-order valence-corrected chi connectivity index (χ3v) is 1.91. The zero-order chi connectivity index (χ0) is 12.3. The Morgan fingerprint density at radius 1 is 1.25 bits per heavy atom. The van der Waals surface area contributed by atoms with Gasteiger partial charge in [-0.1, -0.05) is 0 Å². The molecule has 0 fully saturated rings. The fraction of sp³-hybridized carbons (Fsp3) is 0.200. The zero-order valence-corrected chi connectivity index (χ0v) is 7.98. The van der Waals surface area contributed by atoms with Gasteiger partial charge < -0.3 is 10.2 Å². The summed E-state index contributed by atoms with van der Waals surface area (Å²) in [5.41, 5.74) is -0.181. The van der Waals surface area contributed by atoms with Gasteiger partial charge in [-0.25, -0.2) is 13.6 Å². The van der Waals surface area contributed by atoms with E-state index >= 15 is 0 Å². The molecular formula is C10H8F2O4. The first-order valence-corrected chi connectivity index (χ1v) is 4.31. The third-order valence-electron chi connectivity index (χ3n) is 1.91. The van der Waals surface area contributed by atoms with Crippen molar-refractivity contribution in [1.82, 2.24) is 0 Å². The average molecular weight is 230 g/mol. The molecule has 1 rings (SSSR count). The van der Waals surface area contributed by atoms with Gasteiger partial charge in [0, 0.05) is 12.0 Å². The van der Waals surface area contributed by atoms with Crippen LogP contribution >= 0.6 is 0 Å². The molecule has 0 radical (unpaired) electrons. The lowest BCUT2D eigenvalue weighted by Gasteiger charge is -2.04. The summed E-state index contributed by atoms with van der Waals surface area (Å²) in [7, 11) is 0. The van der Waals surface area contributed by atoms with Crippen LogP contribution in [-0.4, -0.2) is 28.1 Å². The summed E-state index contributed by atoms with van der Waals surface area (Å²) >= 11 is 0. The van der Waals surface area contributed by atoms with E-state index in [1.54, 1.807) is 0 Å². The van der Waals surface area contributed by atoms with Crippen molar-refractivity contribution in [3.8, 4) is 0 Å². The van der Waals surface area contributed by atoms with Crippen LogP contribution in [0.25, 0.3) is 0 Å². The van der Waals surface area contributed by atoms with E-state index in [9.17, 15) is 18.4 Å². The number of carboxylic acid groups (broad SMARTS) is 1. The summed E-state index contributed by atoms with van der Waals surface area (Å²) in [5.74, 6) is -4.62. The van der Waals surface area contributed by atoms with Crippen LogP contribution in [0.4, 0.5) is 8.78 Å². The molecule has 0 unspecified atom stereocenters. The van der Waals surface area contributed by atoms with Gasteiger partial charge in [0.2, 0.25) is 0 Å². The number of benzene rings is 1. The van der Waals surface area contributed by atoms with Gasteiger partial charge in [0.15, 0.2) is 23.5 Å². The SMILES string of the molecule is O=C(C[C@@H](O)C(=O)O)c1ccc(F)c(F)c1. The Balaban J connectivity index is 2.81. The van der Waals surface area contributed by atoms with Crippen molar-refractivity contribution in [1.29, 1.82) is 0 Å². The first-order chi connectivity index (χ1) is 7.41. The minimum Gasteiger partial charge on any atom is -0.479 e. The Hall–Kier alpha value is -1.82. The number of ketones is 1. The summed E-state index contributed by atoms with van der Waals surface area (Å²) in [6, 6.07) is 2.44. The fourth-order valence-electron chi connectivity index (χ4n) is 1.05. The maximum atomic E-state index is 12.7. The van der Waals surface area contributed by atoms with E-state index in [0.29, 0.717) is 6.07 Å². The van der Waals surface area contributed by atoms with Gasteiger partial charge in [0.1, 0.15) is 0 Å². The summed E-state index contributed by atoms with van der Waals surface area (Å²) in [6.07, 6.45) is -2.53. The number of carboxylic acids is 1. The van der Waals surface area contributed by atoms with Crippen molar-refractivity contribution in [3.63, 3.8) is 0 Å². The van der Waals surface area contributed by atoms with Crippen molar-refractivity contribution in [2.24, 2.45) is 0 Å². The van der Waals surface area contributed by atoms with E-state index in [0.717, 1.165) is 12.1 Å². The summed E-state index contributed by atoms with van der Waals surface area (Å²) in [5, 5.41) is 17.2. The lowest BCUT2D eigenvalue weighted by Crippen LogP contribution is -2.23. The van der Waals surface area contributed by atoms with Crippen molar-refractivity contribution in [3.05, 3.63) is 35.4 Å². The number of aliphatic hydroxyl groups excluding tert-OH is 1. The molecule has 0 aliphatic rings. The standard InChI is InChI=1S/C10H8F2O4/c11-6-2-1-5(3-7(6)12)8(13)4-9(14)10(15)16/h1-3,9,14H,4H2,(H,15,16)/t9-/m1/s1. The minimum absolute atomic E-state index is 0.181. The van der Waals surface area contributed by atoms with Gasteiger partial charge in [-0.05, 0) is 18.2 Å². The second-order valence-electron chi connectivity index (χ2n) is 3.11. The molecule has 0 spiro atoms. The molecule has 0 aliphatic heterocycles. The van der Waals surface area contributed by atoms with E-state index < -0.39 is 35.9 Å². The maximum Gasteiger partial charge on any atom is 0.332 e. The molecule has 86 valence electrons. The number of aliphatic hydroxyl groups is 1. The molecule has 16 heavy (non-hydrogen) atoms. The molecule has 0 aromatic heterocycles. The molecule has 0 saturated heterocycles. The molecule has 0 amide bonds. The van der Waals surface area contributed by atoms with E-state index in [-0.39, 0.29) is 5.56 Å². The van der Waals surface area contributed by atoms with E-state index in [4.69, 9.17) is 10.2 Å². The highest BCUT2D eigenvalue weighted by Gasteiger charge is 2.19. The Morgan fingerprint density at radius 2 is 1.88 bits per heavy atom. The molecule has 6 heteroatoms. The van der Waals surface area contributed by atoms with Crippen LogP contribution in [0.15, 0.2) is 18.2 Å². The number of rotatable bonds is 4. The van der Waals surface area contributed by atoms with Gasteiger partial charge in [-0.3, -0.25) is 4.79 Å². The Morgan fingerprint density at radius 3 is 2.38 bits per heavy atom. The highest BCUT2D eigenvalue weighted by Crippen LogP contribution is 2.11. The first-order valence-electron chi connectivity index (χ1n) is 4.31. The number of hydrogen-bond donors (Lipinski definition) is 2. The Kier molecular flexibility index (Phi) is 3.68. The van der Waals surface area contributed by atoms with Crippen LogP contribution in [0.5, 0.6) is 0 Å². The van der Waals surface area contributed by atoms with Crippen molar-refractivity contribution in [2.75, 3.05) is 0 Å². The lowest BCUT2D eigenvalue weighted by molar-refractivity contribution is -0.146. The molecule has 1 aromatic carbocycles. The predicted octanol–water partition coefficient (Wildman–Crippen LogP) is 0.983. The van der Waals surface area contributed by atoms with E-state index in [1.807, 2.05) is 0 Å². The topological polar surface area (TPSA) is 74.6 Å². The van der Waals surface area contributed by atoms with Crippen molar-refractivity contribution < 1.29 is 28.6 Å². The maximum absolute atomic E-state index is 12.7. The van der Waals surface area contributed by atoms with Gasteiger partial charge in [-0.15, -0.1) is 0 Å². The van der Waals surface area contributed by atoms with Crippen LogP contribution in [-0.2, 0) is 4.79 Å². The number of aliphatic carboxylic acids is 1. The Labute approximate surface area is 89.1 Å². The normalized spacial score (nSPS) is 12.2. The van der Waals surface area contributed by atoms with Crippen molar-refractivity contribution >= 4 is 11.8 Å². The zero-order valence-electron chi connectivity index (χ0n) is 7.98. The number of hydrogen-bond acceptors (Lipinski definition) is 3. The summed E-state index contributed by atoms with van der Waals surface area (Å²) in [4.78, 5) is 21.6. The number of carbonyl (C=O) groups is 2. The minimum atomic E-state index is -1.85. The number of carbonyl (C=O) groups excluding carboxylic acids is 1. The molecule has 2 N–H and O–H groups in total. The van der Waals surface area contributed by atoms with Crippen LogP contribution in [0.1, 0.15) is 16.8 Å². The largest absolute Gasteiger partial charge is 0.479 e. The van der Waals surface area contributed by atoms with Crippen LogP contribution in [0.3, 0.4) is 0 Å². The first kappa shape index (κ1) is 12.3.